The van der Waals surface area contributed by atoms with Gasteiger partial charge in [0.2, 0.25) is 0 Å². The lowest BCUT2D eigenvalue weighted by molar-refractivity contribution is -0.171. The largest absolute Gasteiger partial charge is 0.460 e. The van der Waals surface area contributed by atoms with Crippen molar-refractivity contribution in [1.82, 2.24) is 0 Å². The molecule has 112 valence electrons. The van der Waals surface area contributed by atoms with Crippen LogP contribution < -0.4 is 0 Å². The van der Waals surface area contributed by atoms with Crippen molar-refractivity contribution in [2.75, 3.05) is 0 Å². The molecule has 19 heavy (non-hydrogen) atoms. The van der Waals surface area contributed by atoms with Crippen LogP contribution in [0.15, 0.2) is 0 Å². The maximum atomic E-state index is 12.1. The minimum absolute atomic E-state index is 0.274. The van der Waals surface area contributed by atoms with Gasteiger partial charge in [-0.1, -0.05) is 19.8 Å². The summed E-state index contributed by atoms with van der Waals surface area (Å²) in [6.45, 7) is 9.58. The number of esters is 1. The van der Waals surface area contributed by atoms with Crippen LogP contribution in [0.5, 0.6) is 0 Å². The van der Waals surface area contributed by atoms with Gasteiger partial charge in [-0.3, -0.25) is 4.79 Å². The van der Waals surface area contributed by atoms with E-state index in [-0.39, 0.29) is 5.97 Å². The Bertz CT molecular complexity index is 296. The number of carbonyl (C=O) groups is 1. The molecule has 3 nitrogen and oxygen atoms in total. The van der Waals surface area contributed by atoms with Crippen LogP contribution in [0.25, 0.3) is 0 Å². The van der Waals surface area contributed by atoms with Gasteiger partial charge in [-0.05, 0) is 59.3 Å². The van der Waals surface area contributed by atoms with Gasteiger partial charge in [-0.15, -0.1) is 0 Å². The lowest BCUT2D eigenvalue weighted by atomic mass is 9.72. The van der Waals surface area contributed by atoms with E-state index in [9.17, 15) is 9.90 Å². The van der Waals surface area contributed by atoms with Gasteiger partial charge in [-0.25, -0.2) is 0 Å². The maximum absolute atomic E-state index is 12.1. The van der Waals surface area contributed by atoms with Crippen LogP contribution in [0.1, 0.15) is 73.1 Å². The molecular formula is C16H30O3. The summed E-state index contributed by atoms with van der Waals surface area (Å²) in [6.07, 6.45) is 5.92. The molecule has 1 aliphatic carbocycles. The third-order valence-corrected chi connectivity index (χ3v) is 4.23. The molecule has 1 rings (SSSR count). The first-order valence-electron chi connectivity index (χ1n) is 7.63. The molecule has 1 atom stereocenters. The summed E-state index contributed by atoms with van der Waals surface area (Å²) in [6, 6.07) is 0. The third-order valence-electron chi connectivity index (χ3n) is 4.23. The Morgan fingerprint density at radius 2 is 1.89 bits per heavy atom. The molecule has 0 aromatic carbocycles. The van der Waals surface area contributed by atoms with Crippen LogP contribution in [0, 0.1) is 11.8 Å². The molecule has 0 heterocycles. The maximum Gasteiger partial charge on any atom is 0.312 e. The van der Waals surface area contributed by atoms with Gasteiger partial charge in [0.25, 0.3) is 0 Å². The molecule has 1 N–H and O–H groups in total. The number of hydrogen-bond acceptors (Lipinski definition) is 3. The van der Waals surface area contributed by atoms with Crippen LogP contribution in [-0.4, -0.2) is 22.3 Å². The van der Waals surface area contributed by atoms with Gasteiger partial charge >= 0.3 is 5.97 Å². The molecule has 1 fully saturated rings. The third kappa shape index (κ3) is 4.79. The van der Waals surface area contributed by atoms with E-state index in [0.717, 1.165) is 31.6 Å². The molecule has 0 saturated heterocycles. The highest BCUT2D eigenvalue weighted by Gasteiger charge is 2.42. The Kier molecular flexibility index (Phi) is 5.43. The smallest absolute Gasteiger partial charge is 0.312 e. The fourth-order valence-corrected chi connectivity index (χ4v) is 2.92. The minimum Gasteiger partial charge on any atom is -0.460 e. The van der Waals surface area contributed by atoms with Crippen molar-refractivity contribution in [3.8, 4) is 0 Å². The highest BCUT2D eigenvalue weighted by Crippen LogP contribution is 2.39. The van der Waals surface area contributed by atoms with Gasteiger partial charge < -0.3 is 9.84 Å². The second kappa shape index (κ2) is 6.25. The topological polar surface area (TPSA) is 46.5 Å². The van der Waals surface area contributed by atoms with Gasteiger partial charge in [0.05, 0.1) is 11.5 Å². The van der Waals surface area contributed by atoms with E-state index in [1.54, 1.807) is 6.92 Å². The van der Waals surface area contributed by atoms with E-state index >= 15 is 0 Å². The van der Waals surface area contributed by atoms with Crippen LogP contribution in [-0.2, 0) is 9.53 Å². The fraction of sp³-hybridized carbons (Fsp3) is 0.938. The molecule has 0 spiro atoms. The first kappa shape index (κ1) is 16.5. The quantitative estimate of drug-likeness (QED) is 0.793. The number of hydrogen-bond donors (Lipinski definition) is 1. The molecule has 1 aliphatic rings. The second-order valence-electron chi connectivity index (χ2n) is 7.09. The lowest BCUT2D eigenvalue weighted by Gasteiger charge is -2.40. The Hall–Kier alpha value is -0.570. The van der Waals surface area contributed by atoms with Gasteiger partial charge in [-0.2, -0.15) is 0 Å². The van der Waals surface area contributed by atoms with E-state index in [0.29, 0.717) is 0 Å². The summed E-state index contributed by atoms with van der Waals surface area (Å²) in [4.78, 5) is 12.1. The van der Waals surface area contributed by atoms with E-state index in [1.807, 2.05) is 20.8 Å². The van der Waals surface area contributed by atoms with E-state index < -0.39 is 17.1 Å². The van der Waals surface area contributed by atoms with E-state index in [1.165, 1.54) is 12.8 Å². The molecule has 0 bridgehead atoms. The highest BCUT2D eigenvalue weighted by atomic mass is 16.6. The Morgan fingerprint density at radius 1 is 1.37 bits per heavy atom. The van der Waals surface area contributed by atoms with Crippen molar-refractivity contribution in [3.63, 3.8) is 0 Å². The zero-order valence-electron chi connectivity index (χ0n) is 13.2. The number of aliphatic hydroxyl groups is 1. The normalized spacial score (nSPS) is 29.9. The SMILES string of the molecule is CCCC1CCC(O)(C(C)C(=O)OC(C)(C)C)CC1. The average Bonchev–Trinajstić information content (AvgIpc) is 2.29. The van der Waals surface area contributed by atoms with Crippen molar-refractivity contribution in [3.05, 3.63) is 0 Å². The number of carbonyl (C=O) groups excluding carboxylic acids is 1. The standard InChI is InChI=1S/C16H30O3/c1-6-7-13-8-10-16(18,11-9-13)12(2)14(17)19-15(3,4)5/h12-13,18H,6-11H2,1-5H3. The van der Waals surface area contributed by atoms with Crippen LogP contribution in [0.4, 0.5) is 0 Å². The Morgan fingerprint density at radius 3 is 2.32 bits per heavy atom. The van der Waals surface area contributed by atoms with Crippen molar-refractivity contribution in [2.24, 2.45) is 11.8 Å². The summed E-state index contributed by atoms with van der Waals surface area (Å²) in [5, 5.41) is 10.7. The molecule has 0 aromatic heterocycles. The molecule has 0 aliphatic heterocycles. The number of rotatable bonds is 4. The monoisotopic (exact) mass is 270 g/mol. The van der Waals surface area contributed by atoms with Crippen LogP contribution >= 0.6 is 0 Å². The van der Waals surface area contributed by atoms with E-state index in [4.69, 9.17) is 4.74 Å². The second-order valence-corrected chi connectivity index (χ2v) is 7.09. The Balaban J connectivity index is 2.57. The van der Waals surface area contributed by atoms with E-state index in [2.05, 4.69) is 6.92 Å². The minimum atomic E-state index is -0.868. The van der Waals surface area contributed by atoms with Crippen molar-refractivity contribution >= 4 is 5.97 Å². The number of ether oxygens (including phenoxy) is 1. The highest BCUT2D eigenvalue weighted by molar-refractivity contribution is 5.73. The zero-order valence-corrected chi connectivity index (χ0v) is 13.2. The Labute approximate surface area is 117 Å². The van der Waals surface area contributed by atoms with Crippen LogP contribution in [0.2, 0.25) is 0 Å². The summed E-state index contributed by atoms with van der Waals surface area (Å²) in [7, 11) is 0. The first-order valence-corrected chi connectivity index (χ1v) is 7.63. The average molecular weight is 270 g/mol. The molecule has 0 aromatic rings. The van der Waals surface area contributed by atoms with Gasteiger partial charge in [0.1, 0.15) is 5.60 Å². The van der Waals surface area contributed by atoms with Gasteiger partial charge in [0, 0.05) is 0 Å². The molecule has 1 unspecified atom stereocenters. The van der Waals surface area contributed by atoms with Crippen LogP contribution in [0.3, 0.4) is 0 Å². The van der Waals surface area contributed by atoms with Crippen molar-refractivity contribution in [1.29, 1.82) is 0 Å². The molecular weight excluding hydrogens is 240 g/mol. The molecule has 0 amide bonds. The molecule has 0 radical (unpaired) electrons. The summed E-state index contributed by atoms with van der Waals surface area (Å²) >= 11 is 0. The summed E-state index contributed by atoms with van der Waals surface area (Å²) in [5.74, 6) is 0.00866. The van der Waals surface area contributed by atoms with Gasteiger partial charge in [0.15, 0.2) is 0 Å². The predicted molar refractivity (Wildman–Crippen MR) is 76.8 cm³/mol. The fourth-order valence-electron chi connectivity index (χ4n) is 2.92. The lowest BCUT2D eigenvalue weighted by Crippen LogP contribution is -2.45. The molecule has 3 heteroatoms. The summed E-state index contributed by atoms with van der Waals surface area (Å²) in [5.41, 5.74) is -1.35. The molecule has 1 saturated carbocycles. The summed E-state index contributed by atoms with van der Waals surface area (Å²) < 4.78 is 5.39. The predicted octanol–water partition coefficient (Wildman–Crippen LogP) is 3.69. The van der Waals surface area contributed by atoms with Crippen molar-refractivity contribution < 1.29 is 14.6 Å². The zero-order chi connectivity index (χ0) is 14.7. The first-order chi connectivity index (χ1) is 8.68. The van der Waals surface area contributed by atoms with Crippen molar-refractivity contribution in [2.45, 2.75) is 84.3 Å².